The number of carbonyl (C=O) groups excluding carboxylic acids is 1. The molecule has 37 heavy (non-hydrogen) atoms. The maximum Gasteiger partial charge on any atom is 0.281 e. The summed E-state index contributed by atoms with van der Waals surface area (Å²) >= 11 is 1.50. The molecular weight excluding hydrogens is 508 g/mol. The first-order valence-electron chi connectivity index (χ1n) is 13.0. The van der Waals surface area contributed by atoms with Crippen LogP contribution in [0, 0.1) is 5.92 Å². The van der Waals surface area contributed by atoms with Crippen LogP contribution < -0.4 is 10.1 Å². The van der Waals surface area contributed by atoms with E-state index in [4.69, 9.17) is 4.74 Å². The van der Waals surface area contributed by atoms with E-state index in [1.165, 1.54) is 34.5 Å². The first-order valence-corrected chi connectivity index (χ1v) is 13.9. The summed E-state index contributed by atoms with van der Waals surface area (Å²) in [4.78, 5) is 24.4. The average Bonchev–Trinajstić information content (AvgIpc) is 3.14. The van der Waals surface area contributed by atoms with E-state index in [0.717, 1.165) is 70.3 Å². The van der Waals surface area contributed by atoms with Gasteiger partial charge in [-0.15, -0.1) is 0 Å². The van der Waals surface area contributed by atoms with E-state index in [9.17, 15) is 22.4 Å². The average molecular weight is 541 g/mol. The van der Waals surface area contributed by atoms with Crippen molar-refractivity contribution in [3.05, 3.63) is 40.2 Å². The van der Waals surface area contributed by atoms with Gasteiger partial charge in [-0.2, -0.15) is 0 Å². The second kappa shape index (κ2) is 11.2. The Labute approximate surface area is 217 Å². The molecule has 2 aromatic rings. The molecular formula is C26H32F4N4O2S. The summed E-state index contributed by atoms with van der Waals surface area (Å²) in [6.07, 6.45) is 4.15. The van der Waals surface area contributed by atoms with Crippen molar-refractivity contribution in [1.29, 1.82) is 0 Å². The molecule has 3 aliphatic rings. The molecule has 1 aliphatic heterocycles. The first-order chi connectivity index (χ1) is 17.8. The van der Waals surface area contributed by atoms with Crippen molar-refractivity contribution in [3.63, 3.8) is 0 Å². The van der Waals surface area contributed by atoms with E-state index in [-0.39, 0.29) is 24.4 Å². The number of carbonyl (C=O) groups is 1. The third-order valence-corrected chi connectivity index (χ3v) is 8.77. The standard InChI is InChI=1S/C26H32F4N4O2S/c27-23(28)22-19(2-1-10-31-22)24(35)32-17-5-3-16(4-6-17)7-11-34-12-8-20-21(9-13-34)37-25(33-20)36-18-14-26(29,30)15-18/h1-2,10,16-18,23H,3-9,11-15H2,(H,32,35). The molecule has 0 unspecified atom stereocenters. The summed E-state index contributed by atoms with van der Waals surface area (Å²) in [5.41, 5.74) is 0.517. The van der Waals surface area contributed by atoms with E-state index in [2.05, 4.69) is 20.2 Å². The largest absolute Gasteiger partial charge is 0.466 e. The molecule has 0 saturated heterocycles. The van der Waals surface area contributed by atoms with Crippen molar-refractivity contribution in [2.75, 3.05) is 19.6 Å². The van der Waals surface area contributed by atoms with Gasteiger partial charge < -0.3 is 15.0 Å². The highest BCUT2D eigenvalue weighted by molar-refractivity contribution is 7.13. The number of fused-ring (bicyclic) bond motifs is 1. The first kappa shape index (κ1) is 26.3. The molecule has 0 atom stereocenters. The highest BCUT2D eigenvalue weighted by Crippen LogP contribution is 2.41. The fourth-order valence-corrected chi connectivity index (χ4v) is 6.51. The fraction of sp³-hybridized carbons (Fsp3) is 0.654. The predicted molar refractivity (Wildman–Crippen MR) is 132 cm³/mol. The van der Waals surface area contributed by atoms with E-state index in [1.807, 2.05) is 0 Å². The molecule has 0 spiro atoms. The van der Waals surface area contributed by atoms with Gasteiger partial charge in [0.15, 0.2) is 0 Å². The van der Waals surface area contributed by atoms with Gasteiger partial charge in [0.2, 0.25) is 0 Å². The highest BCUT2D eigenvalue weighted by atomic mass is 32.1. The lowest BCUT2D eigenvalue weighted by atomic mass is 9.84. The topological polar surface area (TPSA) is 67.4 Å². The molecule has 0 radical (unpaired) electrons. The zero-order valence-corrected chi connectivity index (χ0v) is 21.4. The van der Waals surface area contributed by atoms with Crippen molar-refractivity contribution in [3.8, 4) is 5.19 Å². The predicted octanol–water partition coefficient (Wildman–Crippen LogP) is 5.43. The number of aromatic nitrogens is 2. The van der Waals surface area contributed by atoms with Gasteiger partial charge in [0, 0.05) is 49.5 Å². The van der Waals surface area contributed by atoms with Crippen LogP contribution in [-0.2, 0) is 12.8 Å². The molecule has 2 aromatic heterocycles. The fourth-order valence-electron chi connectivity index (χ4n) is 5.50. The number of nitrogens with zero attached hydrogens (tertiary/aromatic N) is 3. The minimum Gasteiger partial charge on any atom is -0.466 e. The SMILES string of the molecule is O=C(NC1CCC(CCN2CCc3nc(OC4CC(F)(F)C4)sc3CC2)CC1)c1cccnc1C(F)F. The minimum absolute atomic E-state index is 0.00250. The lowest BCUT2D eigenvalue weighted by Crippen LogP contribution is -2.43. The summed E-state index contributed by atoms with van der Waals surface area (Å²) in [6, 6.07) is 2.90. The molecule has 2 fully saturated rings. The molecule has 202 valence electrons. The number of amides is 1. The third kappa shape index (κ3) is 6.60. The highest BCUT2D eigenvalue weighted by Gasteiger charge is 2.47. The molecule has 1 amide bonds. The summed E-state index contributed by atoms with van der Waals surface area (Å²) in [6.45, 7) is 2.87. The van der Waals surface area contributed by atoms with Crippen LogP contribution in [0.4, 0.5) is 17.6 Å². The number of hydrogen-bond acceptors (Lipinski definition) is 6. The van der Waals surface area contributed by atoms with E-state index < -0.39 is 30.1 Å². The van der Waals surface area contributed by atoms with Gasteiger partial charge in [-0.25, -0.2) is 22.5 Å². The van der Waals surface area contributed by atoms with Crippen LogP contribution in [0.1, 0.15) is 78.0 Å². The van der Waals surface area contributed by atoms with E-state index in [1.54, 1.807) is 0 Å². The van der Waals surface area contributed by atoms with Crippen molar-refractivity contribution in [1.82, 2.24) is 20.2 Å². The van der Waals surface area contributed by atoms with Crippen molar-refractivity contribution in [2.45, 2.75) is 82.3 Å². The molecule has 3 heterocycles. The Morgan fingerprint density at radius 2 is 1.95 bits per heavy atom. The van der Waals surface area contributed by atoms with Gasteiger partial charge in [0.25, 0.3) is 23.4 Å². The van der Waals surface area contributed by atoms with Crippen molar-refractivity contribution < 1.29 is 27.1 Å². The number of rotatable bonds is 8. The summed E-state index contributed by atoms with van der Waals surface area (Å²) < 4.78 is 58.1. The molecule has 5 rings (SSSR count). The van der Waals surface area contributed by atoms with Gasteiger partial charge in [-0.1, -0.05) is 11.3 Å². The Bertz CT molecular complexity index is 1060. The molecule has 11 heteroatoms. The van der Waals surface area contributed by atoms with Crippen molar-refractivity contribution in [2.24, 2.45) is 5.92 Å². The van der Waals surface area contributed by atoms with Gasteiger partial charge >= 0.3 is 0 Å². The molecule has 2 saturated carbocycles. The van der Waals surface area contributed by atoms with Crippen LogP contribution in [0.5, 0.6) is 5.19 Å². The van der Waals surface area contributed by atoms with Gasteiger partial charge in [0.05, 0.1) is 11.3 Å². The Balaban J connectivity index is 1.02. The summed E-state index contributed by atoms with van der Waals surface area (Å²) in [5.74, 6) is -2.48. The molecule has 1 N–H and O–H groups in total. The Kier molecular flexibility index (Phi) is 7.99. The number of hydrogen-bond donors (Lipinski definition) is 1. The van der Waals surface area contributed by atoms with Crippen LogP contribution >= 0.6 is 11.3 Å². The maximum absolute atomic E-state index is 13.2. The second-order valence-electron chi connectivity index (χ2n) is 10.4. The Morgan fingerprint density at radius 3 is 2.68 bits per heavy atom. The van der Waals surface area contributed by atoms with Gasteiger partial charge in [-0.3, -0.25) is 9.78 Å². The number of pyridine rings is 1. The number of alkyl halides is 4. The minimum atomic E-state index is -2.78. The van der Waals surface area contributed by atoms with Gasteiger partial charge in [-0.05, 0) is 63.1 Å². The van der Waals surface area contributed by atoms with Crippen LogP contribution in [0.2, 0.25) is 0 Å². The second-order valence-corrected chi connectivity index (χ2v) is 11.5. The number of ether oxygens (including phenoxy) is 1. The molecule has 6 nitrogen and oxygen atoms in total. The van der Waals surface area contributed by atoms with E-state index in [0.29, 0.717) is 11.1 Å². The normalized spacial score (nSPS) is 24.2. The quantitative estimate of drug-likeness (QED) is 0.452. The monoisotopic (exact) mass is 540 g/mol. The Morgan fingerprint density at radius 1 is 1.19 bits per heavy atom. The lowest BCUT2D eigenvalue weighted by molar-refractivity contribution is -0.134. The number of thiazole rings is 1. The number of halogens is 4. The number of nitrogens with one attached hydrogen (secondary N) is 1. The van der Waals surface area contributed by atoms with Crippen LogP contribution in [0.15, 0.2) is 18.3 Å². The van der Waals surface area contributed by atoms with Crippen LogP contribution in [0.25, 0.3) is 0 Å². The van der Waals surface area contributed by atoms with E-state index >= 15 is 0 Å². The van der Waals surface area contributed by atoms with Gasteiger partial charge in [0.1, 0.15) is 11.8 Å². The summed E-state index contributed by atoms with van der Waals surface area (Å²) in [7, 11) is 0. The molecule has 0 aromatic carbocycles. The molecule has 0 bridgehead atoms. The van der Waals surface area contributed by atoms with Crippen molar-refractivity contribution >= 4 is 17.2 Å². The van der Waals surface area contributed by atoms with Crippen LogP contribution in [-0.4, -0.2) is 58.5 Å². The zero-order chi connectivity index (χ0) is 26.0. The molecule has 2 aliphatic carbocycles. The lowest BCUT2D eigenvalue weighted by Gasteiger charge is -2.33. The summed E-state index contributed by atoms with van der Waals surface area (Å²) in [5, 5.41) is 3.45. The Hall–Kier alpha value is -2.27. The maximum atomic E-state index is 13.2. The zero-order valence-electron chi connectivity index (χ0n) is 20.6. The van der Waals surface area contributed by atoms with Crippen LogP contribution in [0.3, 0.4) is 0 Å². The third-order valence-electron chi connectivity index (χ3n) is 7.72. The smallest absolute Gasteiger partial charge is 0.281 e.